The molecule has 0 saturated heterocycles. The molecule has 0 aliphatic carbocycles. The molecular weight excluding hydrogens is 226 g/mol. The Balaban J connectivity index is 2.01. The lowest BCUT2D eigenvalue weighted by Crippen LogP contribution is -2.39. The molecule has 0 saturated carbocycles. The average Bonchev–Trinajstić information content (AvgIpc) is 2.74. The van der Waals surface area contributed by atoms with Gasteiger partial charge >= 0.3 is 0 Å². The van der Waals surface area contributed by atoms with Gasteiger partial charge in [-0.25, -0.2) is 0 Å². The van der Waals surface area contributed by atoms with Gasteiger partial charge in [0.25, 0.3) is 5.91 Å². The van der Waals surface area contributed by atoms with Crippen LogP contribution in [-0.2, 0) is 6.42 Å². The summed E-state index contributed by atoms with van der Waals surface area (Å²) < 4.78 is 0. The number of carbonyl (C=O) groups is 1. The number of nitrogens with zero attached hydrogens (tertiary/aromatic N) is 1. The highest BCUT2D eigenvalue weighted by molar-refractivity contribution is 5.95. The average molecular weight is 247 g/mol. The fraction of sp³-hybridized carbons (Fsp3) is 0.500. The molecule has 0 bridgehead atoms. The van der Waals surface area contributed by atoms with Crippen LogP contribution in [0.15, 0.2) is 18.2 Å². The van der Waals surface area contributed by atoms with E-state index in [0.717, 1.165) is 30.8 Å². The molecule has 98 valence electrons. The molecule has 1 aromatic carbocycles. The minimum absolute atomic E-state index is 0.0130. The van der Waals surface area contributed by atoms with Crippen LogP contribution in [0.4, 0.5) is 5.69 Å². The predicted molar refractivity (Wildman–Crippen MR) is 74.1 cm³/mol. The van der Waals surface area contributed by atoms with Gasteiger partial charge in [-0.2, -0.15) is 0 Å². The number of rotatable bonds is 4. The number of anilines is 1. The quantitative estimate of drug-likeness (QED) is 0.844. The molecule has 2 rings (SSSR count). The Hall–Kier alpha value is -1.55. The number of carbonyl (C=O) groups excluding carboxylic acids is 1. The van der Waals surface area contributed by atoms with E-state index in [-0.39, 0.29) is 11.9 Å². The third kappa shape index (κ3) is 3.01. The van der Waals surface area contributed by atoms with Crippen molar-refractivity contribution >= 4 is 11.6 Å². The van der Waals surface area contributed by atoms with Crippen molar-refractivity contribution in [3.63, 3.8) is 0 Å². The molecule has 1 atom stereocenters. The summed E-state index contributed by atoms with van der Waals surface area (Å²) in [4.78, 5) is 14.2. The van der Waals surface area contributed by atoms with Gasteiger partial charge in [0.05, 0.1) is 0 Å². The smallest absolute Gasteiger partial charge is 0.251 e. The molecule has 2 N–H and O–H groups in total. The Morgan fingerprint density at radius 2 is 2.28 bits per heavy atom. The van der Waals surface area contributed by atoms with Crippen LogP contribution in [-0.4, -0.2) is 44.0 Å². The van der Waals surface area contributed by atoms with Gasteiger partial charge in [-0.3, -0.25) is 4.79 Å². The lowest BCUT2D eigenvalue weighted by atomic mass is 10.1. The molecule has 1 heterocycles. The Morgan fingerprint density at radius 1 is 1.50 bits per heavy atom. The van der Waals surface area contributed by atoms with E-state index in [1.165, 1.54) is 5.56 Å². The Morgan fingerprint density at radius 3 is 3.00 bits per heavy atom. The molecule has 1 amide bonds. The molecule has 0 aromatic heterocycles. The van der Waals surface area contributed by atoms with Crippen molar-refractivity contribution in [1.29, 1.82) is 0 Å². The number of likely N-dealkylation sites (N-methyl/N-ethyl adjacent to an activating group) is 1. The molecule has 0 fully saturated rings. The van der Waals surface area contributed by atoms with Crippen molar-refractivity contribution in [2.75, 3.05) is 32.5 Å². The monoisotopic (exact) mass is 247 g/mol. The molecule has 4 nitrogen and oxygen atoms in total. The van der Waals surface area contributed by atoms with Gasteiger partial charge in [-0.1, -0.05) is 0 Å². The standard InChI is InChI=1S/C14H21N3O/c1-10(9-17(2)3)16-14(18)12-4-5-13-11(8-12)6-7-15-13/h4-5,8,10,15H,6-7,9H2,1-3H3,(H,16,18). The van der Waals surface area contributed by atoms with Crippen LogP contribution in [0.25, 0.3) is 0 Å². The fourth-order valence-corrected chi connectivity index (χ4v) is 2.35. The molecule has 1 aromatic rings. The summed E-state index contributed by atoms with van der Waals surface area (Å²) in [6.07, 6.45) is 1.00. The number of benzene rings is 1. The number of fused-ring (bicyclic) bond motifs is 1. The third-order valence-electron chi connectivity index (χ3n) is 3.09. The highest BCUT2D eigenvalue weighted by atomic mass is 16.1. The summed E-state index contributed by atoms with van der Waals surface area (Å²) in [5.74, 6) is 0.0130. The molecule has 1 unspecified atom stereocenters. The Kier molecular flexibility index (Phi) is 3.87. The van der Waals surface area contributed by atoms with Crippen LogP contribution < -0.4 is 10.6 Å². The second-order valence-electron chi connectivity index (χ2n) is 5.19. The predicted octanol–water partition coefficient (Wildman–Crippen LogP) is 1.33. The Bertz CT molecular complexity index is 443. The first-order valence-electron chi connectivity index (χ1n) is 6.38. The largest absolute Gasteiger partial charge is 0.384 e. The maximum absolute atomic E-state index is 12.1. The fourth-order valence-electron chi connectivity index (χ4n) is 2.35. The van der Waals surface area contributed by atoms with E-state index in [9.17, 15) is 4.79 Å². The van der Waals surface area contributed by atoms with Crippen molar-refractivity contribution in [3.05, 3.63) is 29.3 Å². The van der Waals surface area contributed by atoms with E-state index in [4.69, 9.17) is 0 Å². The second kappa shape index (κ2) is 5.40. The molecular formula is C14H21N3O. The molecule has 18 heavy (non-hydrogen) atoms. The van der Waals surface area contributed by atoms with Crippen LogP contribution >= 0.6 is 0 Å². The van der Waals surface area contributed by atoms with E-state index in [0.29, 0.717) is 0 Å². The molecule has 1 aliphatic rings. The summed E-state index contributed by atoms with van der Waals surface area (Å²) in [7, 11) is 4.01. The van der Waals surface area contributed by atoms with Crippen molar-refractivity contribution in [3.8, 4) is 0 Å². The summed E-state index contributed by atoms with van der Waals surface area (Å²) in [6.45, 7) is 3.84. The van der Waals surface area contributed by atoms with Gasteiger partial charge in [0.1, 0.15) is 0 Å². The SMILES string of the molecule is CC(CN(C)C)NC(=O)c1ccc2c(c1)CCN2. The normalized spacial score (nSPS) is 15.1. The summed E-state index contributed by atoms with van der Waals surface area (Å²) in [5.41, 5.74) is 3.15. The van der Waals surface area contributed by atoms with Gasteiger partial charge in [-0.15, -0.1) is 0 Å². The first-order valence-corrected chi connectivity index (χ1v) is 6.38. The van der Waals surface area contributed by atoms with Crippen molar-refractivity contribution in [2.24, 2.45) is 0 Å². The van der Waals surface area contributed by atoms with Crippen molar-refractivity contribution in [2.45, 2.75) is 19.4 Å². The summed E-state index contributed by atoms with van der Waals surface area (Å²) >= 11 is 0. The second-order valence-corrected chi connectivity index (χ2v) is 5.19. The van der Waals surface area contributed by atoms with Gasteiger partial charge in [0.15, 0.2) is 0 Å². The zero-order chi connectivity index (χ0) is 13.1. The zero-order valence-electron chi connectivity index (χ0n) is 11.3. The number of amides is 1. The zero-order valence-corrected chi connectivity index (χ0v) is 11.3. The molecule has 0 spiro atoms. The number of nitrogens with one attached hydrogen (secondary N) is 2. The number of hydrogen-bond acceptors (Lipinski definition) is 3. The van der Waals surface area contributed by atoms with Crippen LogP contribution in [0.3, 0.4) is 0 Å². The number of hydrogen-bond donors (Lipinski definition) is 2. The van der Waals surface area contributed by atoms with Crippen LogP contribution in [0, 0.1) is 0 Å². The van der Waals surface area contributed by atoms with Crippen molar-refractivity contribution < 1.29 is 4.79 Å². The van der Waals surface area contributed by atoms with Crippen LogP contribution in [0.1, 0.15) is 22.8 Å². The topological polar surface area (TPSA) is 44.4 Å². The first kappa shape index (κ1) is 12.9. The van der Waals surface area contributed by atoms with Gasteiger partial charge in [0.2, 0.25) is 0 Å². The maximum Gasteiger partial charge on any atom is 0.251 e. The summed E-state index contributed by atoms with van der Waals surface area (Å²) in [5, 5.41) is 6.31. The van der Waals surface area contributed by atoms with Crippen LogP contribution in [0.5, 0.6) is 0 Å². The minimum Gasteiger partial charge on any atom is -0.384 e. The summed E-state index contributed by atoms with van der Waals surface area (Å²) in [6, 6.07) is 6.02. The Labute approximate surface area is 108 Å². The molecule has 1 aliphatic heterocycles. The molecule has 4 heteroatoms. The minimum atomic E-state index is 0.0130. The van der Waals surface area contributed by atoms with Gasteiger partial charge < -0.3 is 15.5 Å². The first-order chi connectivity index (χ1) is 8.56. The van der Waals surface area contributed by atoms with E-state index in [1.807, 2.05) is 39.2 Å². The highest BCUT2D eigenvalue weighted by Gasteiger charge is 2.14. The maximum atomic E-state index is 12.1. The van der Waals surface area contributed by atoms with Crippen LogP contribution in [0.2, 0.25) is 0 Å². The van der Waals surface area contributed by atoms with E-state index in [1.54, 1.807) is 0 Å². The van der Waals surface area contributed by atoms with Gasteiger partial charge in [-0.05, 0) is 51.2 Å². The van der Waals surface area contributed by atoms with Gasteiger partial charge in [0, 0.05) is 30.4 Å². The molecule has 0 radical (unpaired) electrons. The van der Waals surface area contributed by atoms with E-state index < -0.39 is 0 Å². The van der Waals surface area contributed by atoms with E-state index in [2.05, 4.69) is 15.5 Å². The van der Waals surface area contributed by atoms with Crippen molar-refractivity contribution in [1.82, 2.24) is 10.2 Å². The lowest BCUT2D eigenvalue weighted by molar-refractivity contribution is 0.0934. The third-order valence-corrected chi connectivity index (χ3v) is 3.09. The lowest BCUT2D eigenvalue weighted by Gasteiger charge is -2.18. The highest BCUT2D eigenvalue weighted by Crippen LogP contribution is 2.22. The van der Waals surface area contributed by atoms with E-state index >= 15 is 0 Å².